The molecular weight excluding hydrogens is 202 g/mol. The van der Waals surface area contributed by atoms with Crippen molar-refractivity contribution in [1.29, 1.82) is 0 Å². The molecule has 0 fully saturated rings. The fourth-order valence-corrected chi connectivity index (χ4v) is 2.06. The summed E-state index contributed by atoms with van der Waals surface area (Å²) in [6.07, 6.45) is 3.20. The van der Waals surface area contributed by atoms with Crippen molar-refractivity contribution in [3.8, 4) is 0 Å². The van der Waals surface area contributed by atoms with Crippen LogP contribution in [0, 0.1) is 11.8 Å². The molecule has 84 valence electrons. The minimum atomic E-state index is 0.602. The van der Waals surface area contributed by atoms with Gasteiger partial charge in [0.15, 0.2) is 0 Å². The zero-order valence-corrected chi connectivity index (χ0v) is 10.7. The number of rotatable bonds is 5. The van der Waals surface area contributed by atoms with Crippen LogP contribution in [0.3, 0.4) is 0 Å². The van der Waals surface area contributed by atoms with E-state index in [1.165, 1.54) is 10.5 Å². The van der Waals surface area contributed by atoms with Crippen LogP contribution >= 0.6 is 11.8 Å². The Labute approximate surface area is 97.4 Å². The first-order valence-corrected chi connectivity index (χ1v) is 6.72. The third kappa shape index (κ3) is 3.88. The zero-order chi connectivity index (χ0) is 11.3. The second-order valence-corrected chi connectivity index (χ2v) is 5.17. The van der Waals surface area contributed by atoms with Gasteiger partial charge in [-0.25, -0.2) is 0 Å². The lowest BCUT2D eigenvalue weighted by Gasteiger charge is -2.18. The molecule has 0 aliphatic carbocycles. The summed E-state index contributed by atoms with van der Waals surface area (Å²) in [6, 6.07) is 8.82. The molecule has 15 heavy (non-hydrogen) atoms. The molecule has 0 radical (unpaired) electrons. The summed E-state index contributed by atoms with van der Waals surface area (Å²) in [7, 11) is 0. The number of benzene rings is 1. The summed E-state index contributed by atoms with van der Waals surface area (Å²) in [5.41, 5.74) is 7.17. The fraction of sp³-hybridized carbons (Fsp3) is 0.538. The van der Waals surface area contributed by atoms with Crippen LogP contribution in [0.1, 0.15) is 19.4 Å². The lowest BCUT2D eigenvalue weighted by Crippen LogP contribution is -2.22. The second kappa shape index (κ2) is 6.19. The number of hydrogen-bond donors (Lipinski definition) is 1. The van der Waals surface area contributed by atoms with E-state index in [1.807, 2.05) is 0 Å². The van der Waals surface area contributed by atoms with Crippen LogP contribution in [-0.2, 0) is 6.42 Å². The van der Waals surface area contributed by atoms with E-state index < -0.39 is 0 Å². The van der Waals surface area contributed by atoms with Crippen LogP contribution in [0.5, 0.6) is 0 Å². The maximum Gasteiger partial charge on any atom is 0.00693 e. The van der Waals surface area contributed by atoms with Crippen LogP contribution in [0.2, 0.25) is 0 Å². The van der Waals surface area contributed by atoms with E-state index in [2.05, 4.69) is 44.4 Å². The highest BCUT2D eigenvalue weighted by Gasteiger charge is 2.11. The fourth-order valence-electron chi connectivity index (χ4n) is 1.66. The van der Waals surface area contributed by atoms with Gasteiger partial charge in [0.05, 0.1) is 0 Å². The van der Waals surface area contributed by atoms with E-state index in [-0.39, 0.29) is 0 Å². The van der Waals surface area contributed by atoms with Crippen LogP contribution in [0.15, 0.2) is 29.2 Å². The smallest absolute Gasteiger partial charge is 0.00693 e. The zero-order valence-electron chi connectivity index (χ0n) is 9.86. The van der Waals surface area contributed by atoms with E-state index >= 15 is 0 Å². The molecule has 1 aromatic carbocycles. The van der Waals surface area contributed by atoms with Gasteiger partial charge < -0.3 is 5.73 Å². The van der Waals surface area contributed by atoms with Crippen molar-refractivity contribution >= 4 is 11.8 Å². The Hall–Kier alpha value is -0.470. The standard InChI is InChI=1S/C13H21NS/c1-10(2)12(9-14)8-11-4-6-13(15-3)7-5-11/h4-7,10,12H,8-9,14H2,1-3H3. The molecule has 1 rings (SSSR count). The monoisotopic (exact) mass is 223 g/mol. The third-order valence-electron chi connectivity index (χ3n) is 2.90. The lowest BCUT2D eigenvalue weighted by atomic mass is 9.89. The van der Waals surface area contributed by atoms with Crippen molar-refractivity contribution in [2.45, 2.75) is 25.2 Å². The van der Waals surface area contributed by atoms with Gasteiger partial charge in [-0.2, -0.15) is 0 Å². The molecule has 0 heterocycles. The van der Waals surface area contributed by atoms with Gasteiger partial charge in [0.1, 0.15) is 0 Å². The first kappa shape index (κ1) is 12.6. The van der Waals surface area contributed by atoms with Crippen LogP contribution in [-0.4, -0.2) is 12.8 Å². The van der Waals surface area contributed by atoms with Gasteiger partial charge in [-0.15, -0.1) is 11.8 Å². The summed E-state index contributed by atoms with van der Waals surface area (Å²) in [4.78, 5) is 1.33. The van der Waals surface area contributed by atoms with E-state index in [4.69, 9.17) is 5.73 Å². The molecule has 1 atom stereocenters. The molecule has 2 heteroatoms. The van der Waals surface area contributed by atoms with Crippen molar-refractivity contribution in [3.63, 3.8) is 0 Å². The average Bonchev–Trinajstić information content (AvgIpc) is 2.26. The van der Waals surface area contributed by atoms with Crippen LogP contribution in [0.4, 0.5) is 0 Å². The molecule has 2 N–H and O–H groups in total. The Morgan fingerprint density at radius 1 is 1.20 bits per heavy atom. The van der Waals surface area contributed by atoms with Gasteiger partial charge >= 0.3 is 0 Å². The predicted molar refractivity (Wildman–Crippen MR) is 69.3 cm³/mol. The van der Waals surface area contributed by atoms with E-state index in [0.29, 0.717) is 11.8 Å². The Kier molecular flexibility index (Phi) is 5.20. The summed E-state index contributed by atoms with van der Waals surface area (Å²) >= 11 is 1.78. The number of nitrogens with two attached hydrogens (primary N) is 1. The summed E-state index contributed by atoms with van der Waals surface area (Å²) in [5, 5.41) is 0. The molecule has 0 aliphatic rings. The molecule has 0 bridgehead atoms. The first-order valence-electron chi connectivity index (χ1n) is 5.50. The molecule has 0 aromatic heterocycles. The van der Waals surface area contributed by atoms with E-state index in [1.54, 1.807) is 11.8 Å². The molecule has 1 nitrogen and oxygen atoms in total. The van der Waals surface area contributed by atoms with Crippen molar-refractivity contribution in [2.75, 3.05) is 12.8 Å². The van der Waals surface area contributed by atoms with Crippen molar-refractivity contribution in [2.24, 2.45) is 17.6 Å². The highest BCUT2D eigenvalue weighted by Crippen LogP contribution is 2.19. The lowest BCUT2D eigenvalue weighted by molar-refractivity contribution is 0.392. The Bertz CT molecular complexity index is 279. The Balaban J connectivity index is 2.63. The molecule has 0 aliphatic heterocycles. The maximum atomic E-state index is 5.77. The summed E-state index contributed by atoms with van der Waals surface area (Å²) < 4.78 is 0. The van der Waals surface area contributed by atoms with Gasteiger partial charge in [-0.1, -0.05) is 26.0 Å². The van der Waals surface area contributed by atoms with Gasteiger partial charge in [0, 0.05) is 4.90 Å². The summed E-state index contributed by atoms with van der Waals surface area (Å²) in [6.45, 7) is 5.27. The van der Waals surface area contributed by atoms with Crippen LogP contribution in [0.25, 0.3) is 0 Å². The van der Waals surface area contributed by atoms with E-state index in [0.717, 1.165) is 13.0 Å². The molecule has 0 saturated carbocycles. The normalized spacial score (nSPS) is 13.1. The molecule has 1 aromatic rings. The first-order chi connectivity index (χ1) is 7.17. The van der Waals surface area contributed by atoms with Gasteiger partial charge in [-0.05, 0) is 48.8 Å². The molecule has 0 saturated heterocycles. The largest absolute Gasteiger partial charge is 0.330 e. The molecule has 1 unspecified atom stereocenters. The highest BCUT2D eigenvalue weighted by atomic mass is 32.2. The average molecular weight is 223 g/mol. The van der Waals surface area contributed by atoms with Crippen molar-refractivity contribution < 1.29 is 0 Å². The number of thioether (sulfide) groups is 1. The van der Waals surface area contributed by atoms with Crippen LogP contribution < -0.4 is 5.73 Å². The van der Waals surface area contributed by atoms with Crippen molar-refractivity contribution in [3.05, 3.63) is 29.8 Å². The Morgan fingerprint density at radius 3 is 2.20 bits per heavy atom. The number of hydrogen-bond acceptors (Lipinski definition) is 2. The SMILES string of the molecule is CSc1ccc(CC(CN)C(C)C)cc1. The molecule has 0 spiro atoms. The Morgan fingerprint density at radius 2 is 1.80 bits per heavy atom. The minimum Gasteiger partial charge on any atom is -0.330 e. The topological polar surface area (TPSA) is 26.0 Å². The maximum absolute atomic E-state index is 5.77. The van der Waals surface area contributed by atoms with E-state index in [9.17, 15) is 0 Å². The van der Waals surface area contributed by atoms with Gasteiger partial charge in [0.25, 0.3) is 0 Å². The van der Waals surface area contributed by atoms with Crippen molar-refractivity contribution in [1.82, 2.24) is 0 Å². The second-order valence-electron chi connectivity index (χ2n) is 4.29. The predicted octanol–water partition coefficient (Wildman–Crippen LogP) is 3.18. The quantitative estimate of drug-likeness (QED) is 0.776. The van der Waals surface area contributed by atoms with Gasteiger partial charge in [0.2, 0.25) is 0 Å². The minimum absolute atomic E-state index is 0.602. The summed E-state index contributed by atoms with van der Waals surface area (Å²) in [5.74, 6) is 1.26. The highest BCUT2D eigenvalue weighted by molar-refractivity contribution is 7.98. The third-order valence-corrected chi connectivity index (χ3v) is 3.65. The molecule has 0 amide bonds. The molecular formula is C13H21NS. The van der Waals surface area contributed by atoms with Gasteiger partial charge in [-0.3, -0.25) is 0 Å².